The van der Waals surface area contributed by atoms with Crippen molar-refractivity contribution >= 4 is 27.7 Å². The summed E-state index contributed by atoms with van der Waals surface area (Å²) in [5.74, 6) is 0.0268. The molecule has 1 saturated heterocycles. The summed E-state index contributed by atoms with van der Waals surface area (Å²) in [4.78, 5) is 25.3. The van der Waals surface area contributed by atoms with E-state index in [9.17, 15) is 14.7 Å². The fraction of sp³-hybridized carbons (Fsp3) is 0.412. The van der Waals surface area contributed by atoms with Gasteiger partial charge in [-0.15, -0.1) is 0 Å². The van der Waals surface area contributed by atoms with Crippen LogP contribution in [0.25, 0.3) is 0 Å². The molecule has 1 aliphatic rings. The quantitative estimate of drug-likeness (QED) is 0.174. The van der Waals surface area contributed by atoms with Gasteiger partial charge in [0.2, 0.25) is 0 Å². The molecule has 230 valence electrons. The Labute approximate surface area is 260 Å². The molecule has 1 heterocycles. The van der Waals surface area contributed by atoms with E-state index in [2.05, 4.69) is 0 Å². The van der Waals surface area contributed by atoms with E-state index in [0.717, 1.165) is 11.1 Å². The average Bonchev–Trinajstić information content (AvgIpc) is 3.56. The molecule has 1 fully saturated rings. The van der Waals surface area contributed by atoms with Gasteiger partial charge < -0.3 is 0 Å². The van der Waals surface area contributed by atoms with Crippen molar-refractivity contribution in [3.8, 4) is 11.5 Å². The summed E-state index contributed by atoms with van der Waals surface area (Å²) in [6, 6.07) is 23.0. The van der Waals surface area contributed by atoms with E-state index in [4.69, 9.17) is 23.7 Å². The van der Waals surface area contributed by atoms with Gasteiger partial charge in [-0.2, -0.15) is 0 Å². The molecule has 3 atom stereocenters. The van der Waals surface area contributed by atoms with Gasteiger partial charge in [0.25, 0.3) is 0 Å². The first-order valence-corrected chi connectivity index (χ1v) is 17.1. The molecule has 0 saturated carbocycles. The Morgan fingerprint density at radius 2 is 1.56 bits per heavy atom. The molecule has 0 aromatic heterocycles. The second-order valence-corrected chi connectivity index (χ2v) is 15.8. The topological polar surface area (TPSA) is 101 Å². The minimum absolute atomic E-state index is 0.122. The number of benzene rings is 3. The molecule has 43 heavy (non-hydrogen) atoms. The molecule has 1 N–H and O–H groups in total. The molecular formula is C34H41AsO8. The van der Waals surface area contributed by atoms with Crippen LogP contribution >= 0.6 is 0 Å². The predicted molar refractivity (Wildman–Crippen MR) is 165 cm³/mol. The summed E-state index contributed by atoms with van der Waals surface area (Å²) in [5.41, 5.74) is 3.03. The van der Waals surface area contributed by atoms with Gasteiger partial charge in [0.1, 0.15) is 0 Å². The van der Waals surface area contributed by atoms with Crippen molar-refractivity contribution in [3.63, 3.8) is 0 Å². The molecule has 0 bridgehead atoms. The Kier molecular flexibility index (Phi) is 12.1. The number of aliphatic hydroxyl groups is 1. The minimum atomic E-state index is -0.801. The number of hydrogen-bond donors (Lipinski definition) is 1. The fourth-order valence-electron chi connectivity index (χ4n) is 4.42. The molecule has 1 aliphatic heterocycles. The number of carbonyl (C=O) groups is 2. The maximum absolute atomic E-state index is 13.1. The monoisotopic (exact) mass is 652 g/mol. The van der Waals surface area contributed by atoms with Crippen LogP contribution in [-0.2, 0) is 32.2 Å². The Morgan fingerprint density at radius 3 is 2.14 bits per heavy atom. The maximum atomic E-state index is 13.1. The zero-order chi connectivity index (χ0) is 30.7. The van der Waals surface area contributed by atoms with E-state index >= 15 is 0 Å². The van der Waals surface area contributed by atoms with E-state index in [1.165, 1.54) is 0 Å². The van der Waals surface area contributed by atoms with E-state index in [0.29, 0.717) is 67.3 Å². The van der Waals surface area contributed by atoms with Gasteiger partial charge in [-0.05, 0) is 0 Å². The molecular weight excluding hydrogens is 611 g/mol. The van der Waals surface area contributed by atoms with E-state index in [-0.39, 0.29) is 22.7 Å². The number of aliphatic hydroxyl groups excluding tert-OH is 1. The number of hydrogen-bond acceptors (Lipinski definition) is 8. The van der Waals surface area contributed by atoms with Crippen molar-refractivity contribution in [2.24, 2.45) is 5.92 Å². The second kappa shape index (κ2) is 15.9. The average molecular weight is 653 g/mol. The Bertz CT molecular complexity index is 1320. The molecule has 3 aromatic carbocycles. The third-order valence-electron chi connectivity index (χ3n) is 7.05. The first kappa shape index (κ1) is 32.6. The van der Waals surface area contributed by atoms with E-state index < -0.39 is 27.8 Å². The van der Waals surface area contributed by atoms with Crippen molar-refractivity contribution in [1.29, 1.82) is 0 Å². The van der Waals surface area contributed by atoms with Crippen molar-refractivity contribution in [1.82, 2.24) is 0 Å². The zero-order valence-electron chi connectivity index (χ0n) is 25.0. The van der Waals surface area contributed by atoms with Crippen LogP contribution in [0.4, 0.5) is 0 Å². The zero-order valence-corrected chi connectivity index (χ0v) is 27.1. The summed E-state index contributed by atoms with van der Waals surface area (Å²) in [7, 11) is 0. The van der Waals surface area contributed by atoms with Crippen LogP contribution < -0.4 is 9.47 Å². The normalized spacial score (nSPS) is 15.8. The first-order chi connectivity index (χ1) is 20.7. The summed E-state index contributed by atoms with van der Waals surface area (Å²) in [6.45, 7) is 7.74. The molecule has 3 unspecified atom stereocenters. The number of carbonyl (C=O) groups excluding carboxylic acids is 2. The standard InChI is InChI=1S/C34H41AsO8/c1-24-16-30(40-19-25-10-6-4-7-11-25)31(41-20-26-12-8-5-9-13-26)17-29(24)33(38)42-22-28(36)18-35-34(2,3)23-43-32(37)27-14-15-39-21-27/h4-13,16-17,27-28,35-36H,14-15,18-23H2,1-3H3. The van der Waals surface area contributed by atoms with E-state index in [1.807, 2.05) is 81.4 Å². The number of esters is 2. The van der Waals surface area contributed by atoms with Crippen molar-refractivity contribution in [3.05, 3.63) is 95.1 Å². The molecule has 8 nitrogen and oxygen atoms in total. The second-order valence-electron chi connectivity index (χ2n) is 11.3. The van der Waals surface area contributed by atoms with Crippen LogP contribution in [0.15, 0.2) is 72.8 Å². The summed E-state index contributed by atoms with van der Waals surface area (Å²) in [6.07, 6.45) is -0.104. The SMILES string of the molecule is Cc1cc(OCc2ccccc2)c(OCc2ccccc2)cc1C(=O)OCC(O)C[AsH]C(C)(C)COC(=O)C1CCOC1. The third kappa shape index (κ3) is 10.4. The predicted octanol–water partition coefficient (Wildman–Crippen LogP) is 5.30. The van der Waals surface area contributed by atoms with Gasteiger partial charge in [0, 0.05) is 0 Å². The van der Waals surface area contributed by atoms with Gasteiger partial charge in [0.05, 0.1) is 0 Å². The molecule has 0 amide bonds. The number of rotatable bonds is 15. The summed E-state index contributed by atoms with van der Waals surface area (Å²) in [5, 5.41) is 11.1. The van der Waals surface area contributed by atoms with Crippen molar-refractivity contribution < 1.29 is 38.4 Å². The van der Waals surface area contributed by atoms with Crippen LogP contribution in [0, 0.1) is 12.8 Å². The fourth-order valence-corrected chi connectivity index (χ4v) is 6.69. The summed E-state index contributed by atoms with van der Waals surface area (Å²) < 4.78 is 28.3. The molecule has 3 aromatic rings. The molecule has 0 aliphatic carbocycles. The van der Waals surface area contributed by atoms with Gasteiger partial charge in [-0.1, -0.05) is 48.5 Å². The molecule has 0 spiro atoms. The Hall–Kier alpha value is -3.32. The Balaban J connectivity index is 1.33. The molecule has 0 radical (unpaired) electrons. The molecule has 4 rings (SSSR count). The van der Waals surface area contributed by atoms with E-state index in [1.54, 1.807) is 12.1 Å². The van der Waals surface area contributed by atoms with Gasteiger partial charge >= 0.3 is 212 Å². The first-order valence-electron chi connectivity index (χ1n) is 14.5. The number of ether oxygens (including phenoxy) is 5. The van der Waals surface area contributed by atoms with Gasteiger partial charge in [-0.25, -0.2) is 0 Å². The third-order valence-corrected chi connectivity index (χ3v) is 10.8. The van der Waals surface area contributed by atoms with Gasteiger partial charge in [0.15, 0.2) is 0 Å². The van der Waals surface area contributed by atoms with Gasteiger partial charge in [-0.3, -0.25) is 0 Å². The summed E-state index contributed by atoms with van der Waals surface area (Å²) >= 11 is -0.704. The van der Waals surface area contributed by atoms with Crippen molar-refractivity contribution in [2.45, 2.75) is 55.9 Å². The Morgan fingerprint density at radius 1 is 0.953 bits per heavy atom. The number of aryl methyl sites for hydroxylation is 1. The van der Waals surface area contributed by atoms with Crippen LogP contribution in [0.1, 0.15) is 47.3 Å². The van der Waals surface area contributed by atoms with Crippen molar-refractivity contribution in [2.75, 3.05) is 26.4 Å². The molecule has 9 heteroatoms. The van der Waals surface area contributed by atoms with Crippen LogP contribution in [0.3, 0.4) is 0 Å². The van der Waals surface area contributed by atoms with Crippen LogP contribution in [0.2, 0.25) is 9.41 Å². The van der Waals surface area contributed by atoms with Crippen LogP contribution in [-0.4, -0.2) is 65.3 Å². The van der Waals surface area contributed by atoms with Crippen LogP contribution in [0.5, 0.6) is 11.5 Å².